The first-order valence-electron chi connectivity index (χ1n) is 6.49. The van der Waals surface area contributed by atoms with Crippen molar-refractivity contribution in [3.8, 4) is 0 Å². The van der Waals surface area contributed by atoms with Crippen LogP contribution in [0.3, 0.4) is 0 Å². The second-order valence-corrected chi connectivity index (χ2v) is 5.00. The summed E-state index contributed by atoms with van der Waals surface area (Å²) in [6, 6.07) is 10.6. The first-order valence-corrected chi connectivity index (χ1v) is 6.49. The Hall–Kier alpha value is -1.30. The molecule has 0 saturated carbocycles. The Labute approximate surface area is 106 Å². The minimum absolute atomic E-state index is 0.464. The molecule has 1 rings (SSSR count). The zero-order chi connectivity index (χ0) is 12.7. The van der Waals surface area contributed by atoms with Crippen molar-refractivity contribution in [2.75, 3.05) is 0 Å². The Bertz CT molecular complexity index is 346. The van der Waals surface area contributed by atoms with Gasteiger partial charge in [0.15, 0.2) is 0 Å². The lowest BCUT2D eigenvalue weighted by atomic mass is 9.86. The Morgan fingerprint density at radius 1 is 1.24 bits per heavy atom. The zero-order valence-corrected chi connectivity index (χ0v) is 11.2. The van der Waals surface area contributed by atoms with E-state index in [1.165, 1.54) is 17.6 Å². The molecule has 0 fully saturated rings. The van der Waals surface area contributed by atoms with Crippen molar-refractivity contribution in [2.45, 2.75) is 33.1 Å². The smallest absolute Gasteiger partial charge is 0.000561 e. The van der Waals surface area contributed by atoms with Crippen molar-refractivity contribution in [1.29, 1.82) is 0 Å². The molecule has 0 nitrogen and oxygen atoms in total. The molecule has 0 heterocycles. The standard InChI is InChI=1S/C17H24/c1-5-17(14(2)3)15(4)10-9-13-16-11-7-6-8-12-16/h5-8,11-12,14,17H,1,4,9-10,13H2,2-3H3. The van der Waals surface area contributed by atoms with Gasteiger partial charge in [-0.05, 0) is 36.7 Å². The van der Waals surface area contributed by atoms with E-state index in [-0.39, 0.29) is 0 Å². The van der Waals surface area contributed by atoms with Crippen LogP contribution in [0.4, 0.5) is 0 Å². The number of benzene rings is 1. The molecule has 0 heteroatoms. The van der Waals surface area contributed by atoms with Gasteiger partial charge in [-0.1, -0.05) is 62.4 Å². The molecule has 1 unspecified atom stereocenters. The van der Waals surface area contributed by atoms with E-state index < -0.39 is 0 Å². The molecule has 1 aromatic rings. The monoisotopic (exact) mass is 228 g/mol. The predicted octanol–water partition coefficient (Wildman–Crippen LogP) is 5.02. The molecular formula is C17H24. The number of aryl methyl sites for hydroxylation is 1. The third-order valence-corrected chi connectivity index (χ3v) is 3.25. The summed E-state index contributed by atoms with van der Waals surface area (Å²) in [7, 11) is 0. The lowest BCUT2D eigenvalue weighted by Gasteiger charge is -2.19. The fourth-order valence-electron chi connectivity index (χ4n) is 2.24. The second kappa shape index (κ2) is 7.11. The normalized spacial score (nSPS) is 12.4. The van der Waals surface area contributed by atoms with E-state index in [0.29, 0.717) is 11.8 Å². The molecule has 1 atom stereocenters. The summed E-state index contributed by atoms with van der Waals surface area (Å²) in [6.07, 6.45) is 5.46. The summed E-state index contributed by atoms with van der Waals surface area (Å²) in [5, 5.41) is 0. The highest BCUT2D eigenvalue weighted by Crippen LogP contribution is 2.24. The highest BCUT2D eigenvalue weighted by atomic mass is 14.2. The molecule has 0 bridgehead atoms. The van der Waals surface area contributed by atoms with E-state index in [4.69, 9.17) is 0 Å². The van der Waals surface area contributed by atoms with Crippen LogP contribution in [0.1, 0.15) is 32.3 Å². The molecule has 0 aliphatic heterocycles. The summed E-state index contributed by atoms with van der Waals surface area (Å²) in [6.45, 7) is 12.6. The maximum absolute atomic E-state index is 4.21. The molecule has 0 saturated heterocycles. The topological polar surface area (TPSA) is 0 Å². The molecule has 92 valence electrons. The lowest BCUT2D eigenvalue weighted by molar-refractivity contribution is 0.509. The maximum atomic E-state index is 4.21. The van der Waals surface area contributed by atoms with Gasteiger partial charge in [0.05, 0.1) is 0 Å². The fraction of sp³-hybridized carbons (Fsp3) is 0.412. The molecule has 17 heavy (non-hydrogen) atoms. The molecule has 0 aromatic heterocycles. The van der Waals surface area contributed by atoms with E-state index in [0.717, 1.165) is 12.8 Å². The van der Waals surface area contributed by atoms with Crippen LogP contribution >= 0.6 is 0 Å². The maximum Gasteiger partial charge on any atom is -0.000561 e. The van der Waals surface area contributed by atoms with Gasteiger partial charge in [0, 0.05) is 0 Å². The molecule has 0 spiro atoms. The van der Waals surface area contributed by atoms with Gasteiger partial charge in [-0.25, -0.2) is 0 Å². The minimum Gasteiger partial charge on any atom is -0.102 e. The Kier molecular flexibility index (Phi) is 5.76. The van der Waals surface area contributed by atoms with Crippen LogP contribution in [0.25, 0.3) is 0 Å². The van der Waals surface area contributed by atoms with Gasteiger partial charge < -0.3 is 0 Å². The van der Waals surface area contributed by atoms with E-state index in [9.17, 15) is 0 Å². The van der Waals surface area contributed by atoms with Crippen LogP contribution in [0.5, 0.6) is 0 Å². The molecule has 0 aliphatic carbocycles. The van der Waals surface area contributed by atoms with Crippen LogP contribution in [0.15, 0.2) is 55.1 Å². The lowest BCUT2D eigenvalue weighted by Crippen LogP contribution is -2.08. The largest absolute Gasteiger partial charge is 0.102 e. The van der Waals surface area contributed by atoms with Gasteiger partial charge >= 0.3 is 0 Å². The molecule has 0 N–H and O–H groups in total. The Morgan fingerprint density at radius 2 is 1.88 bits per heavy atom. The quantitative estimate of drug-likeness (QED) is 0.575. The highest BCUT2D eigenvalue weighted by Gasteiger charge is 2.12. The van der Waals surface area contributed by atoms with Gasteiger partial charge in [0.2, 0.25) is 0 Å². The van der Waals surface area contributed by atoms with Gasteiger partial charge in [0.25, 0.3) is 0 Å². The molecule has 1 aromatic carbocycles. The van der Waals surface area contributed by atoms with Crippen molar-refractivity contribution in [1.82, 2.24) is 0 Å². The fourth-order valence-corrected chi connectivity index (χ4v) is 2.24. The molecule has 0 amide bonds. The second-order valence-electron chi connectivity index (χ2n) is 5.00. The first kappa shape index (κ1) is 13.8. The van der Waals surface area contributed by atoms with E-state index in [1.54, 1.807) is 0 Å². The number of hydrogen-bond acceptors (Lipinski definition) is 0. The summed E-state index contributed by atoms with van der Waals surface area (Å²) in [5.74, 6) is 1.07. The molecule has 0 aliphatic rings. The van der Waals surface area contributed by atoms with Crippen molar-refractivity contribution in [3.63, 3.8) is 0 Å². The summed E-state index contributed by atoms with van der Waals surface area (Å²) >= 11 is 0. The average molecular weight is 228 g/mol. The van der Waals surface area contributed by atoms with Gasteiger partial charge in [-0.15, -0.1) is 6.58 Å². The molecule has 0 radical (unpaired) electrons. The zero-order valence-electron chi connectivity index (χ0n) is 11.2. The van der Waals surface area contributed by atoms with Crippen molar-refractivity contribution < 1.29 is 0 Å². The Morgan fingerprint density at radius 3 is 2.41 bits per heavy atom. The van der Waals surface area contributed by atoms with Crippen LogP contribution < -0.4 is 0 Å². The van der Waals surface area contributed by atoms with Crippen molar-refractivity contribution >= 4 is 0 Å². The van der Waals surface area contributed by atoms with E-state index in [1.807, 2.05) is 6.08 Å². The minimum atomic E-state index is 0.464. The number of allylic oxidation sites excluding steroid dienone is 2. The average Bonchev–Trinajstić information content (AvgIpc) is 2.30. The van der Waals surface area contributed by atoms with Crippen molar-refractivity contribution in [2.24, 2.45) is 11.8 Å². The van der Waals surface area contributed by atoms with Gasteiger partial charge in [0.1, 0.15) is 0 Å². The van der Waals surface area contributed by atoms with Crippen LogP contribution in [-0.4, -0.2) is 0 Å². The first-order chi connectivity index (χ1) is 8.15. The van der Waals surface area contributed by atoms with E-state index >= 15 is 0 Å². The van der Waals surface area contributed by atoms with Crippen LogP contribution in [0, 0.1) is 11.8 Å². The van der Waals surface area contributed by atoms with Crippen LogP contribution in [0.2, 0.25) is 0 Å². The highest BCUT2D eigenvalue weighted by molar-refractivity contribution is 5.15. The molecular weight excluding hydrogens is 204 g/mol. The third-order valence-electron chi connectivity index (χ3n) is 3.25. The predicted molar refractivity (Wildman–Crippen MR) is 77.0 cm³/mol. The van der Waals surface area contributed by atoms with Gasteiger partial charge in [-0.3, -0.25) is 0 Å². The number of rotatable bonds is 7. The van der Waals surface area contributed by atoms with Gasteiger partial charge in [-0.2, -0.15) is 0 Å². The Balaban J connectivity index is 2.36. The van der Waals surface area contributed by atoms with Crippen LogP contribution in [-0.2, 0) is 6.42 Å². The third kappa shape index (κ3) is 4.60. The summed E-state index contributed by atoms with van der Waals surface area (Å²) in [4.78, 5) is 0. The summed E-state index contributed by atoms with van der Waals surface area (Å²) in [5.41, 5.74) is 2.74. The summed E-state index contributed by atoms with van der Waals surface area (Å²) < 4.78 is 0. The van der Waals surface area contributed by atoms with E-state index in [2.05, 4.69) is 57.3 Å². The number of hydrogen-bond donors (Lipinski definition) is 0. The van der Waals surface area contributed by atoms with Crippen molar-refractivity contribution in [3.05, 3.63) is 60.7 Å². The SMILES string of the molecule is C=CC(C(=C)CCCc1ccccc1)C(C)C.